The molecule has 2 aliphatic rings. The van der Waals surface area contributed by atoms with Crippen LogP contribution in [0.15, 0.2) is 89.8 Å². The Morgan fingerprint density at radius 3 is 2.06 bits per heavy atom. The SMILES string of the molecule is Cc1ccc(S(=O)[C@@H]2O[C@@H]([C@@H](COC(=O)c3ccccc3)OC(=O)c3ccccc3)[C@H]3O[C@H]32)cc1. The van der Waals surface area contributed by atoms with Crippen LogP contribution >= 0.6 is 0 Å². The van der Waals surface area contributed by atoms with Gasteiger partial charge in [-0.25, -0.2) is 9.59 Å². The van der Waals surface area contributed by atoms with Crippen LogP contribution < -0.4 is 0 Å². The summed E-state index contributed by atoms with van der Waals surface area (Å²) in [6.07, 6.45) is -2.45. The number of fused-ring (bicyclic) bond motifs is 1. The van der Waals surface area contributed by atoms with Crippen molar-refractivity contribution in [3.8, 4) is 0 Å². The largest absolute Gasteiger partial charge is 0.458 e. The molecule has 2 aliphatic heterocycles. The number of rotatable bonds is 8. The molecule has 0 amide bonds. The summed E-state index contributed by atoms with van der Waals surface area (Å²) in [5, 5.41) is 0. The van der Waals surface area contributed by atoms with Crippen LogP contribution in [0.2, 0.25) is 0 Å². The van der Waals surface area contributed by atoms with E-state index in [0.717, 1.165) is 5.56 Å². The van der Waals surface area contributed by atoms with E-state index in [4.69, 9.17) is 18.9 Å². The first-order valence-corrected chi connectivity index (χ1v) is 12.5. The molecule has 0 saturated carbocycles. The molecule has 0 aliphatic carbocycles. The van der Waals surface area contributed by atoms with Crippen molar-refractivity contribution in [2.24, 2.45) is 0 Å². The minimum absolute atomic E-state index is 0.229. The average Bonchev–Trinajstić information content (AvgIpc) is 3.60. The van der Waals surface area contributed by atoms with Crippen molar-refractivity contribution in [2.45, 2.75) is 41.7 Å². The zero-order valence-corrected chi connectivity index (χ0v) is 19.8. The van der Waals surface area contributed by atoms with Crippen molar-refractivity contribution in [3.63, 3.8) is 0 Å². The number of aryl methyl sites for hydroxylation is 1. The summed E-state index contributed by atoms with van der Waals surface area (Å²) in [6.45, 7) is 1.73. The molecule has 2 saturated heterocycles. The molecule has 0 N–H and O–H groups in total. The molecule has 0 spiro atoms. The van der Waals surface area contributed by atoms with Crippen LogP contribution in [0.1, 0.15) is 26.3 Å². The zero-order chi connectivity index (χ0) is 24.4. The van der Waals surface area contributed by atoms with Crippen molar-refractivity contribution in [2.75, 3.05) is 6.61 Å². The predicted molar refractivity (Wildman–Crippen MR) is 127 cm³/mol. The molecule has 35 heavy (non-hydrogen) atoms. The monoisotopic (exact) mass is 492 g/mol. The van der Waals surface area contributed by atoms with E-state index in [1.54, 1.807) is 72.8 Å². The number of ether oxygens (including phenoxy) is 4. The Bertz CT molecular complexity index is 1210. The fourth-order valence-electron chi connectivity index (χ4n) is 4.00. The van der Waals surface area contributed by atoms with Gasteiger partial charge in [0.25, 0.3) is 0 Å². The summed E-state index contributed by atoms with van der Waals surface area (Å²) in [6, 6.07) is 24.4. The van der Waals surface area contributed by atoms with E-state index < -0.39 is 46.5 Å². The third-order valence-electron chi connectivity index (χ3n) is 5.93. The highest BCUT2D eigenvalue weighted by Crippen LogP contribution is 2.44. The third-order valence-corrected chi connectivity index (χ3v) is 7.47. The Balaban J connectivity index is 1.32. The van der Waals surface area contributed by atoms with Gasteiger partial charge in [-0.2, -0.15) is 0 Å². The van der Waals surface area contributed by atoms with Gasteiger partial charge in [-0.15, -0.1) is 0 Å². The van der Waals surface area contributed by atoms with Gasteiger partial charge in [0, 0.05) is 4.90 Å². The van der Waals surface area contributed by atoms with E-state index in [0.29, 0.717) is 16.0 Å². The lowest BCUT2D eigenvalue weighted by atomic mass is 10.1. The Morgan fingerprint density at radius 1 is 0.829 bits per heavy atom. The fourth-order valence-corrected chi connectivity index (χ4v) is 5.36. The van der Waals surface area contributed by atoms with E-state index in [1.807, 2.05) is 19.1 Å². The number of epoxide rings is 1. The molecule has 0 aromatic heterocycles. The molecule has 3 aromatic rings. The summed E-state index contributed by atoms with van der Waals surface area (Å²) < 4.78 is 36.2. The molecule has 0 radical (unpaired) electrons. The highest BCUT2D eigenvalue weighted by molar-refractivity contribution is 7.85. The summed E-state index contributed by atoms with van der Waals surface area (Å²) in [5.41, 5.74) is 1.09. The molecule has 6 atom stereocenters. The Morgan fingerprint density at radius 2 is 1.43 bits per heavy atom. The molecule has 3 aromatic carbocycles. The smallest absolute Gasteiger partial charge is 0.338 e. The molecular weight excluding hydrogens is 468 g/mol. The molecule has 180 valence electrons. The number of hydrogen-bond acceptors (Lipinski definition) is 7. The van der Waals surface area contributed by atoms with Gasteiger partial charge in [-0.1, -0.05) is 54.1 Å². The van der Waals surface area contributed by atoms with Crippen LogP contribution in [-0.2, 0) is 29.7 Å². The first-order valence-electron chi connectivity index (χ1n) is 11.3. The topological polar surface area (TPSA) is 91.4 Å². The lowest BCUT2D eigenvalue weighted by Crippen LogP contribution is -2.40. The standard InChI is InChI=1S/C27H24O7S/c1-17-12-14-20(15-13-17)35(30)27-24-23(33-24)22(34-27)21(32-26(29)19-10-6-3-7-11-19)16-31-25(28)18-8-4-2-5-9-18/h2-15,21-24,27H,16H2,1H3/t21-,22+,23-,24-,27+,35?/m1/s1. The Labute approximate surface area is 205 Å². The van der Waals surface area contributed by atoms with Crippen molar-refractivity contribution < 1.29 is 32.7 Å². The molecule has 5 rings (SSSR count). The lowest BCUT2D eigenvalue weighted by Gasteiger charge is -2.25. The van der Waals surface area contributed by atoms with Crippen LogP contribution in [0.5, 0.6) is 0 Å². The summed E-state index contributed by atoms with van der Waals surface area (Å²) in [5.74, 6) is -1.12. The van der Waals surface area contributed by atoms with Crippen LogP contribution in [0.4, 0.5) is 0 Å². The van der Waals surface area contributed by atoms with Crippen LogP contribution in [0.25, 0.3) is 0 Å². The van der Waals surface area contributed by atoms with E-state index >= 15 is 0 Å². The van der Waals surface area contributed by atoms with Gasteiger partial charge in [0.2, 0.25) is 0 Å². The average molecular weight is 493 g/mol. The van der Waals surface area contributed by atoms with E-state index in [-0.39, 0.29) is 12.7 Å². The molecule has 2 fully saturated rings. The Kier molecular flexibility index (Phi) is 6.77. The lowest BCUT2D eigenvalue weighted by molar-refractivity contribution is -0.0875. The minimum atomic E-state index is -1.48. The van der Waals surface area contributed by atoms with E-state index in [1.165, 1.54) is 0 Å². The van der Waals surface area contributed by atoms with Crippen LogP contribution in [0.3, 0.4) is 0 Å². The maximum atomic E-state index is 13.2. The molecule has 8 heteroatoms. The molecule has 2 heterocycles. The van der Waals surface area contributed by atoms with Gasteiger partial charge in [0.05, 0.1) is 21.9 Å². The quantitative estimate of drug-likeness (QED) is 0.350. The highest BCUT2D eigenvalue weighted by Gasteiger charge is 2.63. The number of hydrogen-bond donors (Lipinski definition) is 0. The molecular formula is C27H24O7S. The molecule has 7 nitrogen and oxygen atoms in total. The molecule has 1 unspecified atom stereocenters. The minimum Gasteiger partial charge on any atom is -0.458 e. The van der Waals surface area contributed by atoms with Crippen molar-refractivity contribution in [1.29, 1.82) is 0 Å². The number of benzene rings is 3. The summed E-state index contributed by atoms with van der Waals surface area (Å²) in [4.78, 5) is 25.9. The van der Waals surface area contributed by atoms with Crippen molar-refractivity contribution in [1.82, 2.24) is 0 Å². The van der Waals surface area contributed by atoms with Crippen molar-refractivity contribution in [3.05, 3.63) is 102 Å². The van der Waals surface area contributed by atoms with Gasteiger partial charge in [0.15, 0.2) is 11.5 Å². The van der Waals surface area contributed by atoms with Gasteiger partial charge >= 0.3 is 11.9 Å². The molecule has 0 bridgehead atoms. The maximum absolute atomic E-state index is 13.2. The Hall–Kier alpha value is -3.33. The third kappa shape index (κ3) is 5.19. The van der Waals surface area contributed by atoms with Gasteiger partial charge in [0.1, 0.15) is 24.9 Å². The predicted octanol–water partition coefficient (Wildman–Crippen LogP) is 3.68. The number of carbonyl (C=O) groups is 2. The first kappa shape index (κ1) is 23.4. The van der Waals surface area contributed by atoms with Crippen molar-refractivity contribution >= 4 is 22.7 Å². The fraction of sp³-hybridized carbons (Fsp3) is 0.259. The van der Waals surface area contributed by atoms with Gasteiger partial charge < -0.3 is 18.9 Å². The van der Waals surface area contributed by atoms with Gasteiger partial charge in [-0.3, -0.25) is 4.21 Å². The highest BCUT2D eigenvalue weighted by atomic mass is 32.2. The van der Waals surface area contributed by atoms with E-state index in [9.17, 15) is 13.8 Å². The number of carbonyl (C=O) groups excluding carboxylic acids is 2. The first-order chi connectivity index (χ1) is 17.0. The van der Waals surface area contributed by atoms with Gasteiger partial charge in [-0.05, 0) is 43.3 Å². The van der Waals surface area contributed by atoms with Crippen LogP contribution in [0, 0.1) is 6.92 Å². The normalized spacial score (nSPS) is 24.1. The van der Waals surface area contributed by atoms with Crippen LogP contribution in [-0.4, -0.2) is 52.6 Å². The second-order valence-corrected chi connectivity index (χ2v) is 9.95. The van der Waals surface area contributed by atoms with E-state index in [2.05, 4.69) is 0 Å². The zero-order valence-electron chi connectivity index (χ0n) is 18.9. The summed E-state index contributed by atoms with van der Waals surface area (Å²) in [7, 11) is -1.48. The second kappa shape index (κ2) is 10.1. The maximum Gasteiger partial charge on any atom is 0.338 e. The number of esters is 2. The summed E-state index contributed by atoms with van der Waals surface area (Å²) >= 11 is 0. The second-order valence-electron chi connectivity index (χ2n) is 8.42.